The van der Waals surface area contributed by atoms with Crippen LogP contribution in [0.1, 0.15) is 16.7 Å². The van der Waals surface area contributed by atoms with Crippen LogP contribution in [-0.2, 0) is 11.3 Å². The number of thiophene rings is 1. The molecule has 0 saturated carbocycles. The van der Waals surface area contributed by atoms with E-state index in [1.54, 1.807) is 0 Å². The van der Waals surface area contributed by atoms with Crippen molar-refractivity contribution in [3.05, 3.63) is 81.3 Å². The van der Waals surface area contributed by atoms with Crippen molar-refractivity contribution >= 4 is 38.8 Å². The van der Waals surface area contributed by atoms with E-state index in [-0.39, 0.29) is 12.5 Å². The first-order chi connectivity index (χ1) is 15.4. The van der Waals surface area contributed by atoms with E-state index in [4.69, 9.17) is 0 Å². The van der Waals surface area contributed by atoms with Crippen molar-refractivity contribution < 1.29 is 4.79 Å². The van der Waals surface area contributed by atoms with Crippen molar-refractivity contribution in [2.24, 2.45) is 0 Å². The fourth-order valence-corrected chi connectivity index (χ4v) is 4.86. The first-order valence-corrected chi connectivity index (χ1v) is 11.1. The molecule has 0 bridgehead atoms. The van der Waals surface area contributed by atoms with Gasteiger partial charge in [0.05, 0.1) is 10.2 Å². The Hall–Kier alpha value is -3.78. The molecule has 2 aromatic carbocycles. The largest absolute Gasteiger partial charge is 0.352 e. The summed E-state index contributed by atoms with van der Waals surface area (Å²) in [7, 11) is 0. The maximum Gasteiger partial charge on any atom is 0.352 e. The lowest BCUT2D eigenvalue weighted by atomic mass is 10.1. The van der Waals surface area contributed by atoms with Gasteiger partial charge in [0.1, 0.15) is 12.9 Å². The number of nitrogens with one attached hydrogen (secondary N) is 1. The third-order valence-electron chi connectivity index (χ3n) is 5.30. The van der Waals surface area contributed by atoms with E-state index in [2.05, 4.69) is 39.7 Å². The van der Waals surface area contributed by atoms with Crippen LogP contribution in [0.15, 0.2) is 59.0 Å². The second-order valence-corrected chi connectivity index (χ2v) is 8.88. The van der Waals surface area contributed by atoms with E-state index in [0.29, 0.717) is 11.3 Å². The Balaban J connectivity index is 1.49. The third kappa shape index (κ3) is 3.58. The Bertz CT molecular complexity index is 1520. The normalized spacial score (nSPS) is 11.3. The first-order valence-electron chi connectivity index (χ1n) is 10.2. The minimum absolute atomic E-state index is 0.175. The molecule has 7 nitrogen and oxygen atoms in total. The smallest absolute Gasteiger partial charge is 0.324 e. The lowest BCUT2D eigenvalue weighted by Gasteiger charge is -2.07. The molecule has 1 amide bonds. The average molecular weight is 444 g/mol. The van der Waals surface area contributed by atoms with Crippen molar-refractivity contribution in [2.75, 3.05) is 5.32 Å². The van der Waals surface area contributed by atoms with Crippen LogP contribution < -0.4 is 11.0 Å². The quantitative estimate of drug-likeness (QED) is 0.448. The van der Waals surface area contributed by atoms with E-state index < -0.39 is 5.69 Å². The van der Waals surface area contributed by atoms with Gasteiger partial charge >= 0.3 is 5.69 Å². The minimum atomic E-state index is -0.393. The van der Waals surface area contributed by atoms with Gasteiger partial charge in [-0.1, -0.05) is 35.9 Å². The molecule has 3 aromatic heterocycles. The molecule has 8 heteroatoms. The van der Waals surface area contributed by atoms with Crippen LogP contribution in [0.25, 0.3) is 27.0 Å². The molecule has 0 atom stereocenters. The summed E-state index contributed by atoms with van der Waals surface area (Å²) in [5.74, 6) is -0.309. The predicted octanol–water partition coefficient (Wildman–Crippen LogP) is 4.34. The summed E-state index contributed by atoms with van der Waals surface area (Å²) in [6.07, 6.45) is 1.48. The topological polar surface area (TPSA) is 81.3 Å². The third-order valence-corrected chi connectivity index (χ3v) is 6.27. The minimum Gasteiger partial charge on any atom is -0.324 e. The Morgan fingerprint density at radius 1 is 1.03 bits per heavy atom. The Morgan fingerprint density at radius 2 is 1.75 bits per heavy atom. The molecule has 5 aromatic rings. The molecule has 32 heavy (non-hydrogen) atoms. The zero-order valence-corrected chi connectivity index (χ0v) is 18.7. The molecular weight excluding hydrogens is 422 g/mol. The van der Waals surface area contributed by atoms with Gasteiger partial charge in [-0.25, -0.2) is 18.9 Å². The molecule has 0 aliphatic rings. The van der Waals surface area contributed by atoms with Crippen molar-refractivity contribution in [3.63, 3.8) is 0 Å². The highest BCUT2D eigenvalue weighted by Crippen LogP contribution is 2.34. The van der Waals surface area contributed by atoms with Crippen molar-refractivity contribution in [1.29, 1.82) is 0 Å². The standard InChI is InChI=1S/C24H21N5O2S/c1-14-4-6-17(7-5-14)19-12-32-22-21(19)25-13-28-23(22)27-29(24(28)31)11-20(30)26-18-9-15(2)8-16(3)10-18/h4-10,12-13H,11H2,1-3H3,(H,26,30). The summed E-state index contributed by atoms with van der Waals surface area (Å²) in [6.45, 7) is 5.82. The van der Waals surface area contributed by atoms with Gasteiger partial charge in [-0.3, -0.25) is 4.79 Å². The van der Waals surface area contributed by atoms with Crippen molar-refractivity contribution in [1.82, 2.24) is 19.2 Å². The summed E-state index contributed by atoms with van der Waals surface area (Å²) < 4.78 is 3.38. The van der Waals surface area contributed by atoms with Gasteiger partial charge in [0, 0.05) is 16.6 Å². The van der Waals surface area contributed by atoms with Gasteiger partial charge in [0.15, 0.2) is 5.65 Å². The zero-order valence-electron chi connectivity index (χ0n) is 17.9. The van der Waals surface area contributed by atoms with Crippen molar-refractivity contribution in [3.8, 4) is 11.1 Å². The molecule has 3 heterocycles. The fraction of sp³-hybridized carbons (Fsp3) is 0.167. The van der Waals surface area contributed by atoms with Gasteiger partial charge in [-0.2, -0.15) is 0 Å². The number of fused-ring (bicyclic) bond motifs is 3. The SMILES string of the molecule is Cc1ccc(-c2csc3c2ncn2c(=O)n(CC(=O)Nc4cc(C)cc(C)c4)nc32)cc1. The molecule has 0 unspecified atom stereocenters. The van der Waals surface area contributed by atoms with E-state index in [0.717, 1.165) is 32.5 Å². The van der Waals surface area contributed by atoms with Crippen LogP contribution in [0.4, 0.5) is 5.69 Å². The number of aryl methyl sites for hydroxylation is 3. The van der Waals surface area contributed by atoms with Gasteiger partial charge in [0.25, 0.3) is 0 Å². The summed E-state index contributed by atoms with van der Waals surface area (Å²) in [6, 6.07) is 14.1. The monoisotopic (exact) mass is 443 g/mol. The number of nitrogens with zero attached hydrogens (tertiary/aromatic N) is 4. The second-order valence-electron chi connectivity index (χ2n) is 8.00. The van der Waals surface area contributed by atoms with Crippen LogP contribution in [0.5, 0.6) is 0 Å². The lowest BCUT2D eigenvalue weighted by molar-refractivity contribution is -0.117. The number of anilines is 1. The molecule has 0 fully saturated rings. The Kier molecular flexibility index (Phi) is 4.86. The number of hydrogen-bond acceptors (Lipinski definition) is 5. The summed E-state index contributed by atoms with van der Waals surface area (Å²) in [4.78, 5) is 29.9. The Morgan fingerprint density at radius 3 is 2.47 bits per heavy atom. The van der Waals surface area contributed by atoms with Crippen molar-refractivity contribution in [2.45, 2.75) is 27.3 Å². The molecule has 1 N–H and O–H groups in total. The molecule has 0 aliphatic carbocycles. The molecule has 0 aliphatic heterocycles. The van der Waals surface area contributed by atoms with Gasteiger partial charge < -0.3 is 5.32 Å². The zero-order chi connectivity index (χ0) is 22.4. The average Bonchev–Trinajstić information content (AvgIpc) is 3.29. The van der Waals surface area contributed by atoms with E-state index in [1.807, 2.05) is 44.4 Å². The van der Waals surface area contributed by atoms with Gasteiger partial charge in [-0.15, -0.1) is 16.4 Å². The maximum atomic E-state index is 12.8. The molecule has 5 rings (SSSR count). The summed E-state index contributed by atoms with van der Waals surface area (Å²) in [5, 5.41) is 9.33. The van der Waals surface area contributed by atoms with Crippen LogP contribution >= 0.6 is 11.3 Å². The molecular formula is C24H21N5O2S. The molecule has 0 spiro atoms. The van der Waals surface area contributed by atoms with E-state index in [1.165, 1.54) is 32.3 Å². The second kappa shape index (κ2) is 7.72. The van der Waals surface area contributed by atoms with E-state index in [9.17, 15) is 9.59 Å². The predicted molar refractivity (Wildman–Crippen MR) is 127 cm³/mol. The number of carbonyl (C=O) groups excluding carboxylic acids is 1. The Labute approximate surface area is 188 Å². The highest BCUT2D eigenvalue weighted by molar-refractivity contribution is 7.18. The molecule has 160 valence electrons. The number of benzene rings is 2. The molecule has 0 saturated heterocycles. The first kappa shape index (κ1) is 20.1. The van der Waals surface area contributed by atoms with Gasteiger partial charge in [0.2, 0.25) is 5.91 Å². The number of hydrogen-bond donors (Lipinski definition) is 1. The highest BCUT2D eigenvalue weighted by atomic mass is 32.1. The maximum absolute atomic E-state index is 12.8. The number of carbonyl (C=O) groups is 1. The molecule has 0 radical (unpaired) electrons. The fourth-order valence-electron chi connectivity index (χ4n) is 3.86. The highest BCUT2D eigenvalue weighted by Gasteiger charge is 2.17. The summed E-state index contributed by atoms with van der Waals surface area (Å²) >= 11 is 1.49. The van der Waals surface area contributed by atoms with Crippen LogP contribution in [0.2, 0.25) is 0 Å². The van der Waals surface area contributed by atoms with Crippen LogP contribution in [-0.4, -0.2) is 25.1 Å². The lowest BCUT2D eigenvalue weighted by Crippen LogP contribution is -2.28. The van der Waals surface area contributed by atoms with Gasteiger partial charge in [-0.05, 0) is 49.6 Å². The number of aromatic nitrogens is 4. The summed E-state index contributed by atoms with van der Waals surface area (Å²) in [5.41, 5.74) is 6.97. The number of amides is 1. The van der Waals surface area contributed by atoms with Crippen LogP contribution in [0.3, 0.4) is 0 Å². The van der Waals surface area contributed by atoms with E-state index >= 15 is 0 Å². The number of rotatable bonds is 4. The van der Waals surface area contributed by atoms with Crippen LogP contribution in [0, 0.1) is 20.8 Å².